The van der Waals surface area contributed by atoms with Gasteiger partial charge in [0.1, 0.15) is 17.7 Å². The van der Waals surface area contributed by atoms with Gasteiger partial charge >= 0.3 is 0 Å². The number of halogens is 1. The number of allylic oxidation sites excluding steroid dienone is 1. The zero-order valence-electron chi connectivity index (χ0n) is 16.8. The van der Waals surface area contributed by atoms with Crippen molar-refractivity contribution in [1.82, 2.24) is 0 Å². The van der Waals surface area contributed by atoms with Crippen molar-refractivity contribution in [2.75, 3.05) is 4.90 Å². The summed E-state index contributed by atoms with van der Waals surface area (Å²) in [5, 5.41) is 19.7. The average Bonchev–Trinajstić information content (AvgIpc) is 2.97. The number of anilines is 1. The van der Waals surface area contributed by atoms with Crippen LogP contribution in [0.1, 0.15) is 49.4 Å². The fourth-order valence-corrected chi connectivity index (χ4v) is 5.19. The van der Waals surface area contributed by atoms with Gasteiger partial charge in [0.2, 0.25) is 0 Å². The van der Waals surface area contributed by atoms with Gasteiger partial charge in [0, 0.05) is 21.5 Å². The van der Waals surface area contributed by atoms with Gasteiger partial charge in [-0.25, -0.2) is 0 Å². The number of hydrogen-bond donors (Lipinski definition) is 0. The van der Waals surface area contributed by atoms with Gasteiger partial charge in [-0.2, -0.15) is 10.5 Å². The Morgan fingerprint density at radius 1 is 1.07 bits per heavy atom. The summed E-state index contributed by atoms with van der Waals surface area (Å²) in [6.07, 6.45) is 0.699. The molecule has 2 heterocycles. The third kappa shape index (κ3) is 2.53. The first kappa shape index (κ1) is 19.2. The van der Waals surface area contributed by atoms with Crippen LogP contribution in [-0.2, 0) is 10.2 Å². The van der Waals surface area contributed by atoms with Crippen LogP contribution < -0.4 is 4.90 Å². The Balaban J connectivity index is 2.11. The molecule has 5 heteroatoms. The molecule has 0 fully saturated rings. The van der Waals surface area contributed by atoms with Gasteiger partial charge in [0.05, 0.1) is 11.3 Å². The van der Waals surface area contributed by atoms with E-state index in [0.29, 0.717) is 17.0 Å². The van der Waals surface area contributed by atoms with Crippen LogP contribution in [0.15, 0.2) is 42.0 Å². The first-order valence-electron chi connectivity index (χ1n) is 9.45. The number of amides is 1. The highest BCUT2D eigenvalue weighted by Gasteiger charge is 2.53. The molecule has 2 aliphatic heterocycles. The summed E-state index contributed by atoms with van der Waals surface area (Å²) in [4.78, 5) is 15.2. The Morgan fingerprint density at radius 3 is 2.28 bits per heavy atom. The first-order chi connectivity index (χ1) is 13.7. The second-order valence-corrected chi connectivity index (χ2v) is 9.03. The van der Waals surface area contributed by atoms with Crippen molar-refractivity contribution in [3.05, 3.63) is 69.2 Å². The van der Waals surface area contributed by atoms with Gasteiger partial charge in [-0.1, -0.05) is 42.8 Å². The van der Waals surface area contributed by atoms with Crippen molar-refractivity contribution in [2.24, 2.45) is 0 Å². The Bertz CT molecular complexity index is 1160. The molecule has 0 aliphatic carbocycles. The van der Waals surface area contributed by atoms with Gasteiger partial charge in [-0.05, 0) is 56.0 Å². The molecule has 29 heavy (non-hydrogen) atoms. The highest BCUT2D eigenvalue weighted by atomic mass is 35.5. The van der Waals surface area contributed by atoms with Gasteiger partial charge < -0.3 is 4.90 Å². The van der Waals surface area contributed by atoms with Crippen molar-refractivity contribution in [2.45, 2.75) is 45.1 Å². The van der Waals surface area contributed by atoms with Crippen LogP contribution in [0.5, 0.6) is 0 Å². The molecule has 0 spiro atoms. The minimum atomic E-state index is -0.501. The molecule has 0 unspecified atom stereocenters. The minimum absolute atomic E-state index is 0.134. The zero-order chi connectivity index (χ0) is 21.1. The molecule has 4 rings (SSSR count). The smallest absolute Gasteiger partial charge is 0.261 e. The van der Waals surface area contributed by atoms with E-state index in [1.807, 2.05) is 63.2 Å². The summed E-state index contributed by atoms with van der Waals surface area (Å²) >= 11 is 6.12. The van der Waals surface area contributed by atoms with E-state index >= 15 is 0 Å². The van der Waals surface area contributed by atoms with Crippen molar-refractivity contribution in [3.63, 3.8) is 0 Å². The van der Waals surface area contributed by atoms with E-state index in [1.165, 1.54) is 0 Å². The van der Waals surface area contributed by atoms with Gasteiger partial charge in [0.25, 0.3) is 5.91 Å². The third-order valence-electron chi connectivity index (χ3n) is 6.22. The second-order valence-electron chi connectivity index (χ2n) is 8.60. The van der Waals surface area contributed by atoms with Crippen molar-refractivity contribution >= 4 is 28.8 Å². The normalized spacial score (nSPS) is 21.4. The lowest BCUT2D eigenvalue weighted by Gasteiger charge is -2.50. The highest BCUT2D eigenvalue weighted by Crippen LogP contribution is 2.57. The van der Waals surface area contributed by atoms with E-state index in [2.05, 4.69) is 13.0 Å². The van der Waals surface area contributed by atoms with Crippen molar-refractivity contribution in [1.29, 1.82) is 10.5 Å². The van der Waals surface area contributed by atoms with Crippen LogP contribution in [0.25, 0.3) is 5.57 Å². The number of carbonyl (C=O) groups is 1. The highest BCUT2D eigenvalue weighted by molar-refractivity contribution is 6.35. The van der Waals surface area contributed by atoms with E-state index in [0.717, 1.165) is 22.4 Å². The SMILES string of the molecule is Cc1ccc2c3c1C(=C(C#N)C#N)C(=O)N3C(C)(C)C[C@]2(C)c1ccc(Cl)cc1. The molecule has 2 aromatic carbocycles. The minimum Gasteiger partial charge on any atom is -0.302 e. The summed E-state index contributed by atoms with van der Waals surface area (Å²) < 4.78 is 0. The summed E-state index contributed by atoms with van der Waals surface area (Å²) in [6.45, 7) is 8.17. The second kappa shape index (κ2) is 6.21. The van der Waals surface area contributed by atoms with Crippen molar-refractivity contribution in [3.8, 4) is 12.1 Å². The number of aryl methyl sites for hydroxylation is 1. The molecular formula is C24H20ClN3O. The molecule has 2 aromatic rings. The van der Waals surface area contributed by atoms with Crippen LogP contribution in [0.4, 0.5) is 5.69 Å². The molecule has 0 saturated heterocycles. The van der Waals surface area contributed by atoms with E-state index in [1.54, 1.807) is 4.90 Å². The van der Waals surface area contributed by atoms with Crippen LogP contribution in [0.2, 0.25) is 5.02 Å². The summed E-state index contributed by atoms with van der Waals surface area (Å²) in [6, 6.07) is 15.7. The topological polar surface area (TPSA) is 67.9 Å². The standard InChI is InChI=1S/C24H20ClN3O/c1-14-5-10-18-21-19(14)20(15(11-26)12-27)22(29)28(21)23(2,3)13-24(18,4)16-6-8-17(25)9-7-16/h5-10H,13H2,1-4H3/t24-/m1/s1. The molecule has 0 aromatic heterocycles. The maximum Gasteiger partial charge on any atom is 0.261 e. The fourth-order valence-electron chi connectivity index (χ4n) is 5.07. The third-order valence-corrected chi connectivity index (χ3v) is 6.47. The van der Waals surface area contributed by atoms with E-state index in [4.69, 9.17) is 11.6 Å². The van der Waals surface area contributed by atoms with E-state index in [-0.39, 0.29) is 22.5 Å². The molecule has 1 atom stereocenters. The van der Waals surface area contributed by atoms with E-state index in [9.17, 15) is 15.3 Å². The van der Waals surface area contributed by atoms with Gasteiger partial charge in [-0.3, -0.25) is 4.79 Å². The lowest BCUT2D eigenvalue weighted by Crippen LogP contribution is -2.54. The predicted octanol–water partition coefficient (Wildman–Crippen LogP) is 5.28. The fraction of sp³-hybridized carbons (Fsp3) is 0.292. The Morgan fingerprint density at radius 2 is 1.69 bits per heavy atom. The predicted molar refractivity (Wildman–Crippen MR) is 113 cm³/mol. The molecule has 1 amide bonds. The molecule has 144 valence electrons. The van der Waals surface area contributed by atoms with Gasteiger partial charge in [0.15, 0.2) is 0 Å². The molecule has 0 radical (unpaired) electrons. The molecule has 2 aliphatic rings. The summed E-state index contributed by atoms with van der Waals surface area (Å²) in [5.41, 5.74) is 3.79. The van der Waals surface area contributed by atoms with Crippen LogP contribution >= 0.6 is 11.6 Å². The Kier molecular flexibility index (Phi) is 4.12. The largest absolute Gasteiger partial charge is 0.302 e. The van der Waals surface area contributed by atoms with Crippen molar-refractivity contribution < 1.29 is 4.79 Å². The first-order valence-corrected chi connectivity index (χ1v) is 9.83. The summed E-state index contributed by atoms with van der Waals surface area (Å²) in [7, 11) is 0. The van der Waals surface area contributed by atoms with E-state index < -0.39 is 5.54 Å². The van der Waals surface area contributed by atoms with Crippen LogP contribution in [-0.4, -0.2) is 11.4 Å². The molecule has 0 bridgehead atoms. The number of hydrogen-bond acceptors (Lipinski definition) is 3. The molecule has 4 nitrogen and oxygen atoms in total. The van der Waals surface area contributed by atoms with Crippen LogP contribution in [0, 0.1) is 29.6 Å². The van der Waals surface area contributed by atoms with Gasteiger partial charge in [-0.15, -0.1) is 0 Å². The number of nitrogens with zero attached hydrogens (tertiary/aromatic N) is 3. The molecule has 0 N–H and O–H groups in total. The molecule has 0 saturated carbocycles. The van der Waals surface area contributed by atoms with Crippen LogP contribution in [0.3, 0.4) is 0 Å². The Labute approximate surface area is 175 Å². The Hall–Kier alpha value is -3.08. The zero-order valence-corrected chi connectivity index (χ0v) is 17.6. The maximum absolute atomic E-state index is 13.4. The number of nitriles is 2. The lowest BCUT2D eigenvalue weighted by atomic mass is 9.65. The number of carbonyl (C=O) groups excluding carboxylic acids is 1. The lowest BCUT2D eigenvalue weighted by molar-refractivity contribution is -0.114. The maximum atomic E-state index is 13.4. The quantitative estimate of drug-likeness (QED) is 0.482. The number of benzene rings is 2. The molecular weight excluding hydrogens is 382 g/mol. The summed E-state index contributed by atoms with van der Waals surface area (Å²) in [5.74, 6) is -0.267. The number of rotatable bonds is 1. The monoisotopic (exact) mass is 401 g/mol. The average molecular weight is 402 g/mol.